The third-order valence-electron chi connectivity index (χ3n) is 3.95. The van der Waals surface area contributed by atoms with Crippen LogP contribution in [-0.4, -0.2) is 23.5 Å². The molecular formula is C15H19FN2O2S. The van der Waals surface area contributed by atoms with E-state index in [-0.39, 0.29) is 10.6 Å². The SMILES string of the molecule is COc1ccc(C(=O)NC2(C(N)=S)CCCCC2)c(F)c1. The van der Waals surface area contributed by atoms with Crippen molar-refractivity contribution in [2.45, 2.75) is 37.6 Å². The van der Waals surface area contributed by atoms with E-state index in [4.69, 9.17) is 22.7 Å². The van der Waals surface area contributed by atoms with Gasteiger partial charge >= 0.3 is 0 Å². The van der Waals surface area contributed by atoms with Crippen LogP contribution in [0.3, 0.4) is 0 Å². The van der Waals surface area contributed by atoms with Gasteiger partial charge in [-0.2, -0.15) is 0 Å². The van der Waals surface area contributed by atoms with Crippen LogP contribution in [0.4, 0.5) is 4.39 Å². The van der Waals surface area contributed by atoms with Crippen LogP contribution in [-0.2, 0) is 0 Å². The summed E-state index contributed by atoms with van der Waals surface area (Å²) in [4.78, 5) is 12.6. The van der Waals surface area contributed by atoms with Crippen molar-refractivity contribution in [2.24, 2.45) is 5.73 Å². The summed E-state index contributed by atoms with van der Waals surface area (Å²) in [7, 11) is 1.44. The number of nitrogens with two attached hydrogens (primary N) is 1. The lowest BCUT2D eigenvalue weighted by atomic mass is 9.81. The highest BCUT2D eigenvalue weighted by atomic mass is 32.1. The van der Waals surface area contributed by atoms with Gasteiger partial charge < -0.3 is 15.8 Å². The van der Waals surface area contributed by atoms with Crippen LogP contribution in [0.25, 0.3) is 0 Å². The highest BCUT2D eigenvalue weighted by Gasteiger charge is 2.37. The molecule has 2 rings (SSSR count). The molecule has 1 amide bonds. The normalized spacial score (nSPS) is 17.0. The van der Waals surface area contributed by atoms with Crippen molar-refractivity contribution in [3.8, 4) is 5.75 Å². The summed E-state index contributed by atoms with van der Waals surface area (Å²) in [5.41, 5.74) is 5.09. The molecule has 1 aromatic carbocycles. The van der Waals surface area contributed by atoms with Gasteiger partial charge in [-0.3, -0.25) is 4.79 Å². The molecule has 0 heterocycles. The van der Waals surface area contributed by atoms with Gasteiger partial charge in [0, 0.05) is 6.07 Å². The summed E-state index contributed by atoms with van der Waals surface area (Å²) in [6, 6.07) is 4.13. The first-order chi connectivity index (χ1) is 9.98. The van der Waals surface area contributed by atoms with Crippen LogP contribution >= 0.6 is 12.2 Å². The number of rotatable bonds is 4. The van der Waals surface area contributed by atoms with E-state index in [0.29, 0.717) is 18.6 Å². The van der Waals surface area contributed by atoms with Crippen molar-refractivity contribution >= 4 is 23.1 Å². The van der Waals surface area contributed by atoms with Gasteiger partial charge in [-0.25, -0.2) is 4.39 Å². The van der Waals surface area contributed by atoms with E-state index in [1.807, 2.05) is 0 Å². The van der Waals surface area contributed by atoms with Gasteiger partial charge in [0.15, 0.2) is 0 Å². The average molecular weight is 310 g/mol. The van der Waals surface area contributed by atoms with Crippen LogP contribution in [0.1, 0.15) is 42.5 Å². The minimum atomic E-state index is -0.697. The molecule has 4 nitrogen and oxygen atoms in total. The molecule has 21 heavy (non-hydrogen) atoms. The van der Waals surface area contributed by atoms with E-state index < -0.39 is 17.3 Å². The minimum Gasteiger partial charge on any atom is -0.497 e. The molecule has 0 aromatic heterocycles. The molecule has 1 saturated carbocycles. The number of hydrogen-bond donors (Lipinski definition) is 2. The van der Waals surface area contributed by atoms with Gasteiger partial charge in [0.1, 0.15) is 11.6 Å². The number of nitrogens with one attached hydrogen (secondary N) is 1. The van der Waals surface area contributed by atoms with E-state index in [1.165, 1.54) is 19.2 Å². The second kappa shape index (κ2) is 6.39. The molecule has 0 saturated heterocycles. The summed E-state index contributed by atoms with van der Waals surface area (Å²) in [6.07, 6.45) is 4.39. The number of halogens is 1. The molecule has 1 aliphatic rings. The van der Waals surface area contributed by atoms with E-state index in [2.05, 4.69) is 5.32 Å². The Bertz CT molecular complexity index is 557. The summed E-state index contributed by atoms with van der Waals surface area (Å²) in [6.45, 7) is 0. The summed E-state index contributed by atoms with van der Waals surface area (Å²) in [5.74, 6) is -0.753. The molecule has 1 aliphatic carbocycles. The van der Waals surface area contributed by atoms with Crippen LogP contribution in [0.2, 0.25) is 0 Å². The van der Waals surface area contributed by atoms with Crippen LogP contribution in [0.15, 0.2) is 18.2 Å². The van der Waals surface area contributed by atoms with Gasteiger partial charge in [-0.05, 0) is 25.0 Å². The number of ether oxygens (including phenoxy) is 1. The third kappa shape index (κ3) is 3.32. The zero-order valence-corrected chi connectivity index (χ0v) is 12.8. The summed E-state index contributed by atoms with van der Waals surface area (Å²) < 4.78 is 18.9. The van der Waals surface area contributed by atoms with Crippen molar-refractivity contribution in [3.63, 3.8) is 0 Å². The molecule has 0 radical (unpaired) electrons. The first-order valence-corrected chi connectivity index (χ1v) is 7.35. The Labute approximate surface area is 128 Å². The predicted molar refractivity (Wildman–Crippen MR) is 83.0 cm³/mol. The molecule has 0 aliphatic heterocycles. The number of benzene rings is 1. The fourth-order valence-electron chi connectivity index (χ4n) is 2.68. The van der Waals surface area contributed by atoms with Crippen LogP contribution < -0.4 is 15.8 Å². The average Bonchev–Trinajstić information content (AvgIpc) is 2.47. The third-order valence-corrected chi connectivity index (χ3v) is 4.34. The quantitative estimate of drug-likeness (QED) is 0.839. The molecule has 1 aromatic rings. The van der Waals surface area contributed by atoms with Gasteiger partial charge in [0.25, 0.3) is 5.91 Å². The van der Waals surface area contributed by atoms with Crippen molar-refractivity contribution in [2.75, 3.05) is 7.11 Å². The predicted octanol–water partition coefficient (Wildman–Crippen LogP) is 2.55. The first-order valence-electron chi connectivity index (χ1n) is 6.94. The van der Waals surface area contributed by atoms with Crippen molar-refractivity contribution in [1.82, 2.24) is 5.32 Å². The second-order valence-electron chi connectivity index (χ2n) is 5.31. The van der Waals surface area contributed by atoms with E-state index in [9.17, 15) is 9.18 Å². The lowest BCUT2D eigenvalue weighted by molar-refractivity contribution is 0.0904. The van der Waals surface area contributed by atoms with Gasteiger partial charge in [0.2, 0.25) is 0 Å². The largest absolute Gasteiger partial charge is 0.497 e. The maximum atomic E-state index is 14.0. The van der Waals surface area contributed by atoms with Crippen LogP contribution in [0, 0.1) is 5.82 Å². The lowest BCUT2D eigenvalue weighted by Crippen LogP contribution is -2.57. The summed E-state index contributed by atoms with van der Waals surface area (Å²) in [5, 5.41) is 2.84. The monoisotopic (exact) mass is 310 g/mol. The smallest absolute Gasteiger partial charge is 0.255 e. The van der Waals surface area contributed by atoms with Gasteiger partial charge in [-0.1, -0.05) is 31.5 Å². The molecule has 0 bridgehead atoms. The molecule has 0 spiro atoms. The molecule has 114 valence electrons. The Morgan fingerprint density at radius 1 is 1.38 bits per heavy atom. The minimum absolute atomic E-state index is 0.0306. The molecule has 3 N–H and O–H groups in total. The zero-order chi connectivity index (χ0) is 15.5. The zero-order valence-electron chi connectivity index (χ0n) is 11.9. The van der Waals surface area contributed by atoms with Crippen LogP contribution in [0.5, 0.6) is 5.75 Å². The number of amides is 1. The molecule has 0 atom stereocenters. The van der Waals surface area contributed by atoms with Gasteiger partial charge in [-0.15, -0.1) is 0 Å². The maximum absolute atomic E-state index is 14.0. The Morgan fingerprint density at radius 2 is 2.05 bits per heavy atom. The molecule has 6 heteroatoms. The fraction of sp³-hybridized carbons (Fsp3) is 0.467. The Hall–Kier alpha value is -1.69. The Morgan fingerprint density at radius 3 is 2.57 bits per heavy atom. The number of carbonyl (C=O) groups is 1. The second-order valence-corrected chi connectivity index (χ2v) is 5.75. The molecule has 1 fully saturated rings. The van der Waals surface area contributed by atoms with Crippen molar-refractivity contribution < 1.29 is 13.9 Å². The van der Waals surface area contributed by atoms with Gasteiger partial charge in [0.05, 0.1) is 23.2 Å². The number of thiocarbonyl (C=S) groups is 1. The Kier molecular flexibility index (Phi) is 4.77. The van der Waals surface area contributed by atoms with E-state index >= 15 is 0 Å². The maximum Gasteiger partial charge on any atom is 0.255 e. The lowest BCUT2D eigenvalue weighted by Gasteiger charge is -2.37. The summed E-state index contributed by atoms with van der Waals surface area (Å²) >= 11 is 5.12. The highest BCUT2D eigenvalue weighted by molar-refractivity contribution is 7.80. The molecule has 0 unspecified atom stereocenters. The number of carbonyl (C=O) groups excluding carboxylic acids is 1. The Balaban J connectivity index is 2.21. The van der Waals surface area contributed by atoms with Crippen molar-refractivity contribution in [1.29, 1.82) is 0 Å². The van der Waals surface area contributed by atoms with Crippen molar-refractivity contribution in [3.05, 3.63) is 29.6 Å². The number of methoxy groups -OCH3 is 1. The number of hydrogen-bond acceptors (Lipinski definition) is 3. The molecular weight excluding hydrogens is 291 g/mol. The highest BCUT2D eigenvalue weighted by Crippen LogP contribution is 2.29. The fourth-order valence-corrected chi connectivity index (χ4v) is 2.94. The van der Waals surface area contributed by atoms with E-state index in [1.54, 1.807) is 6.07 Å². The first kappa shape index (κ1) is 15.7. The topological polar surface area (TPSA) is 64.3 Å². The van der Waals surface area contributed by atoms with E-state index in [0.717, 1.165) is 19.3 Å². The standard InChI is InChI=1S/C15H19FN2O2S/c1-20-10-5-6-11(12(16)9-10)13(19)18-15(14(17)21)7-3-2-4-8-15/h5-6,9H,2-4,7-8H2,1H3,(H2,17,21)(H,18,19).